The van der Waals surface area contributed by atoms with Crippen LogP contribution in [0.3, 0.4) is 0 Å². The van der Waals surface area contributed by atoms with E-state index in [-0.39, 0.29) is 29.3 Å². The number of hydrogen-bond donors (Lipinski definition) is 1. The van der Waals surface area contributed by atoms with E-state index < -0.39 is 35.5 Å². The van der Waals surface area contributed by atoms with Gasteiger partial charge in [0, 0.05) is 47.2 Å². The molecule has 0 unspecified atom stereocenters. The maximum Gasteiger partial charge on any atom is 0.433 e. The largest absolute Gasteiger partial charge is 0.433 e. The minimum absolute atomic E-state index is 0.214. The number of amides is 2. The molecule has 1 aliphatic heterocycles. The number of aromatic nitrogens is 6. The predicted molar refractivity (Wildman–Crippen MR) is 166 cm³/mol. The second-order valence-corrected chi connectivity index (χ2v) is 12.7. The molecule has 1 aliphatic carbocycles. The fourth-order valence-corrected chi connectivity index (χ4v) is 6.79. The van der Waals surface area contributed by atoms with Gasteiger partial charge < -0.3 is 14.8 Å². The molecule has 7 rings (SSSR count). The van der Waals surface area contributed by atoms with Gasteiger partial charge in [-0.05, 0) is 57.2 Å². The van der Waals surface area contributed by atoms with Crippen molar-refractivity contribution in [2.45, 2.75) is 65.3 Å². The van der Waals surface area contributed by atoms with Crippen LogP contribution < -0.4 is 5.32 Å². The zero-order chi connectivity index (χ0) is 34.3. The summed E-state index contributed by atoms with van der Waals surface area (Å²) in [5.41, 5.74) is 2.43. The number of ketones is 1. The highest BCUT2D eigenvalue weighted by atomic mass is 19.4. The molecule has 2 amide bonds. The first-order valence-corrected chi connectivity index (χ1v) is 15.1. The number of alkyl halides is 3. The Kier molecular flexibility index (Phi) is 6.90. The molecule has 48 heavy (non-hydrogen) atoms. The quantitative estimate of drug-likeness (QED) is 0.255. The van der Waals surface area contributed by atoms with Crippen molar-refractivity contribution in [2.24, 2.45) is 5.41 Å². The highest BCUT2D eigenvalue weighted by molar-refractivity contribution is 6.08. The van der Waals surface area contributed by atoms with Crippen LogP contribution in [0.25, 0.3) is 27.8 Å². The van der Waals surface area contributed by atoms with E-state index in [1.807, 2.05) is 19.9 Å². The van der Waals surface area contributed by atoms with Crippen LogP contribution >= 0.6 is 0 Å². The van der Waals surface area contributed by atoms with Crippen molar-refractivity contribution in [2.75, 3.05) is 5.32 Å². The monoisotopic (exact) mass is 655 g/mol. The van der Waals surface area contributed by atoms with Crippen molar-refractivity contribution in [1.29, 1.82) is 5.26 Å². The Morgan fingerprint density at radius 2 is 1.90 bits per heavy atom. The molecule has 3 atom stereocenters. The van der Waals surface area contributed by atoms with Crippen LogP contribution in [0.4, 0.5) is 19.0 Å². The van der Waals surface area contributed by atoms with Crippen molar-refractivity contribution < 1.29 is 27.6 Å². The van der Waals surface area contributed by atoms with Gasteiger partial charge in [0.15, 0.2) is 17.2 Å². The predicted octanol–water partition coefficient (Wildman–Crippen LogP) is 4.87. The fraction of sp³-hybridized carbons (Fsp3) is 0.333. The third kappa shape index (κ3) is 5.13. The molecule has 0 aromatic carbocycles. The third-order valence-corrected chi connectivity index (χ3v) is 9.22. The molecule has 5 aromatic heterocycles. The lowest BCUT2D eigenvalue weighted by molar-refractivity contribution is -0.141. The van der Waals surface area contributed by atoms with Crippen molar-refractivity contribution >= 4 is 40.0 Å². The zero-order valence-corrected chi connectivity index (χ0v) is 26.3. The Labute approximate surface area is 271 Å². The summed E-state index contributed by atoms with van der Waals surface area (Å²) >= 11 is 0. The SMILES string of the molecule is CC(=O)c1cn(CC(=O)N2[C@H](C(=O)Nc3nc(C(F)(F)F)ccc3C#N)C[C@@]3(C)C[C@@H]23)c2c(C)nc(-c3cnc4cc(C)nn4c3)cc12. The molecule has 0 bridgehead atoms. The molecule has 1 saturated carbocycles. The average molecular weight is 656 g/mol. The van der Waals surface area contributed by atoms with E-state index in [9.17, 15) is 32.8 Å². The zero-order valence-electron chi connectivity index (χ0n) is 26.3. The Hall–Kier alpha value is -5.65. The molecule has 244 valence electrons. The van der Waals surface area contributed by atoms with Gasteiger partial charge in [0.25, 0.3) is 0 Å². The second kappa shape index (κ2) is 10.7. The minimum Gasteiger partial charge on any atom is -0.336 e. The first-order chi connectivity index (χ1) is 22.7. The number of pyridine rings is 2. The van der Waals surface area contributed by atoms with Gasteiger partial charge in [-0.2, -0.15) is 23.5 Å². The summed E-state index contributed by atoms with van der Waals surface area (Å²) in [5.74, 6) is -1.87. The van der Waals surface area contributed by atoms with E-state index in [0.717, 1.165) is 11.8 Å². The van der Waals surface area contributed by atoms with E-state index in [4.69, 9.17) is 4.98 Å². The van der Waals surface area contributed by atoms with Crippen molar-refractivity contribution in [3.05, 3.63) is 71.1 Å². The highest BCUT2D eigenvalue weighted by Crippen LogP contribution is 2.59. The first-order valence-electron chi connectivity index (χ1n) is 15.1. The van der Waals surface area contributed by atoms with Crippen LogP contribution in [-0.4, -0.2) is 63.7 Å². The number of halogens is 3. The molecule has 15 heteroatoms. The summed E-state index contributed by atoms with van der Waals surface area (Å²) in [6, 6.07) is 5.73. The lowest BCUT2D eigenvalue weighted by Gasteiger charge is -2.27. The summed E-state index contributed by atoms with van der Waals surface area (Å²) in [6.45, 7) is 6.81. The molecule has 1 saturated heterocycles. The van der Waals surface area contributed by atoms with Crippen molar-refractivity contribution in [3.8, 4) is 17.3 Å². The molecule has 0 spiro atoms. The molecule has 0 radical (unpaired) electrons. The van der Waals surface area contributed by atoms with Crippen molar-refractivity contribution in [1.82, 2.24) is 34.0 Å². The number of nitrogens with zero attached hydrogens (tertiary/aromatic N) is 8. The van der Waals surface area contributed by atoms with Crippen LogP contribution in [0.2, 0.25) is 0 Å². The number of aryl methyl sites for hydroxylation is 2. The normalized spacial score (nSPS) is 20.2. The van der Waals surface area contributed by atoms with E-state index in [0.29, 0.717) is 58.0 Å². The van der Waals surface area contributed by atoms with Gasteiger partial charge in [0.05, 0.1) is 28.2 Å². The van der Waals surface area contributed by atoms with Gasteiger partial charge in [0.1, 0.15) is 24.3 Å². The van der Waals surface area contributed by atoms with Crippen LogP contribution in [0, 0.1) is 30.6 Å². The van der Waals surface area contributed by atoms with E-state index in [1.54, 1.807) is 46.7 Å². The number of Topliss-reactive ketones (excluding diaryl/α,β-unsaturated/α-hetero) is 1. The number of piperidine rings is 1. The first kappa shape index (κ1) is 31.0. The van der Waals surface area contributed by atoms with Gasteiger partial charge in [-0.25, -0.2) is 14.5 Å². The van der Waals surface area contributed by atoms with E-state index >= 15 is 0 Å². The van der Waals surface area contributed by atoms with Gasteiger partial charge in [-0.15, -0.1) is 0 Å². The molecule has 2 fully saturated rings. The Morgan fingerprint density at radius 1 is 1.12 bits per heavy atom. The molecule has 1 N–H and O–H groups in total. The number of likely N-dealkylation sites (tertiary alicyclic amines) is 1. The third-order valence-electron chi connectivity index (χ3n) is 9.22. The molecular weight excluding hydrogens is 627 g/mol. The van der Waals surface area contributed by atoms with E-state index in [1.165, 1.54) is 11.8 Å². The summed E-state index contributed by atoms with van der Waals surface area (Å²) in [6.07, 6.45) is 1.25. The maximum atomic E-state index is 14.0. The molecule has 5 aromatic rings. The van der Waals surface area contributed by atoms with Crippen LogP contribution in [-0.2, 0) is 22.3 Å². The highest BCUT2D eigenvalue weighted by Gasteiger charge is 2.64. The Bertz CT molecular complexity index is 2250. The van der Waals surface area contributed by atoms with Gasteiger partial charge >= 0.3 is 6.18 Å². The maximum absolute atomic E-state index is 14.0. The van der Waals surface area contributed by atoms with Crippen molar-refractivity contribution in [3.63, 3.8) is 0 Å². The van der Waals surface area contributed by atoms with E-state index in [2.05, 4.69) is 20.4 Å². The summed E-state index contributed by atoms with van der Waals surface area (Å²) in [4.78, 5) is 54.5. The van der Waals surface area contributed by atoms with Crippen LogP contribution in [0.1, 0.15) is 59.7 Å². The number of nitriles is 1. The molecule has 12 nitrogen and oxygen atoms in total. The van der Waals surface area contributed by atoms with Crippen LogP contribution in [0.15, 0.2) is 42.9 Å². The standard InChI is InChI=1S/C33H28F3N9O3/c1-16-7-27-38-12-20(13-44(27)42-16)23-8-21-22(18(3)46)14-43(29(21)17(2)39-23)15-28(47)45-24(9-32(4)10-26(32)45)31(48)41-30-19(11-37)5-6-25(40-30)33(34,35)36/h5-8,12-14,24,26H,9-10,15H2,1-4H3,(H,40,41,48)/t24-,26+,32-/m0/s1. The number of rotatable bonds is 6. The van der Waals surface area contributed by atoms with Gasteiger partial charge in [0.2, 0.25) is 11.8 Å². The topological polar surface area (TPSA) is 151 Å². The number of carbonyl (C=O) groups excluding carboxylic acids is 3. The van der Waals surface area contributed by atoms with Crippen LogP contribution in [0.5, 0.6) is 0 Å². The number of fused-ring (bicyclic) bond motifs is 3. The molecule has 6 heterocycles. The summed E-state index contributed by atoms with van der Waals surface area (Å²) in [7, 11) is 0. The summed E-state index contributed by atoms with van der Waals surface area (Å²) in [5, 5.41) is 16.8. The summed E-state index contributed by atoms with van der Waals surface area (Å²) < 4.78 is 43.3. The number of anilines is 1. The number of carbonyl (C=O) groups is 3. The smallest absolute Gasteiger partial charge is 0.336 e. The number of nitrogens with one attached hydrogen (secondary N) is 1. The minimum atomic E-state index is -4.78. The van der Waals surface area contributed by atoms with Gasteiger partial charge in [-0.1, -0.05) is 6.92 Å². The fourth-order valence-electron chi connectivity index (χ4n) is 6.79. The lowest BCUT2D eigenvalue weighted by Crippen LogP contribution is -2.46. The molecular formula is C33H28F3N9O3. The number of hydrogen-bond acceptors (Lipinski definition) is 8. The lowest BCUT2D eigenvalue weighted by atomic mass is 10.0. The average Bonchev–Trinajstić information content (AvgIpc) is 3.29. The Balaban J connectivity index is 1.20. The van der Waals surface area contributed by atoms with Gasteiger partial charge in [-0.3, -0.25) is 19.4 Å². The second-order valence-electron chi connectivity index (χ2n) is 12.7. The Morgan fingerprint density at radius 3 is 2.60 bits per heavy atom. The molecule has 2 aliphatic rings.